The number of hydrogen-bond acceptors (Lipinski definition) is 2. The Labute approximate surface area is 166 Å². The number of hydrogen-bond donors (Lipinski definition) is 1. The van der Waals surface area contributed by atoms with E-state index in [0.717, 1.165) is 27.1 Å². The number of aromatic carboxylic acids is 1. The van der Waals surface area contributed by atoms with Crippen LogP contribution in [0.4, 0.5) is 0 Å². The molecule has 1 N–H and O–H groups in total. The smallest absolute Gasteiger partial charge is 0.335 e. The summed E-state index contributed by atoms with van der Waals surface area (Å²) in [5.41, 5.74) is 5.44. The molecule has 0 saturated carbocycles. The lowest BCUT2D eigenvalue weighted by atomic mass is 10.0. The predicted molar refractivity (Wildman–Crippen MR) is 110 cm³/mol. The fourth-order valence-electron chi connectivity index (χ4n) is 3.07. The molecule has 0 spiro atoms. The van der Waals surface area contributed by atoms with E-state index in [2.05, 4.69) is 26.6 Å². The molecule has 27 heavy (non-hydrogen) atoms. The minimum absolute atomic E-state index is 0.197. The first kappa shape index (κ1) is 18.7. The number of carbonyl (C=O) groups is 1. The predicted octanol–water partition coefficient (Wildman–Crippen LogP) is 5.62. The monoisotopic (exact) mass is 420 g/mol. The van der Waals surface area contributed by atoms with E-state index in [1.165, 1.54) is 12.1 Å². The molecule has 3 aromatic rings. The molecule has 0 fully saturated rings. The molecule has 5 heteroatoms. The topological polar surface area (TPSA) is 66.0 Å². The Hall–Kier alpha value is -3.10. The molecule has 4 nitrogen and oxygen atoms in total. The SMILES string of the molecule is Cc1cc(/C=C(/C#N)c2ccc(C(=O)O)cc2)c(C)n1-c1ccccc1Br. The first-order valence-corrected chi connectivity index (χ1v) is 9.11. The van der Waals surface area contributed by atoms with Gasteiger partial charge in [-0.3, -0.25) is 0 Å². The molecular formula is C22H17BrN2O2. The molecule has 0 unspecified atom stereocenters. The van der Waals surface area contributed by atoms with Crippen molar-refractivity contribution < 1.29 is 9.90 Å². The van der Waals surface area contributed by atoms with Crippen molar-refractivity contribution in [1.82, 2.24) is 4.57 Å². The van der Waals surface area contributed by atoms with Crippen LogP contribution < -0.4 is 0 Å². The van der Waals surface area contributed by atoms with E-state index in [1.54, 1.807) is 12.1 Å². The molecule has 0 amide bonds. The molecule has 0 aliphatic rings. The third-order valence-electron chi connectivity index (χ3n) is 4.43. The molecule has 1 heterocycles. The zero-order valence-corrected chi connectivity index (χ0v) is 16.5. The zero-order valence-electron chi connectivity index (χ0n) is 14.9. The van der Waals surface area contributed by atoms with E-state index in [0.29, 0.717) is 11.1 Å². The largest absolute Gasteiger partial charge is 0.478 e. The number of para-hydroxylation sites is 1. The average Bonchev–Trinajstić information content (AvgIpc) is 2.93. The Balaban J connectivity index is 2.06. The first-order chi connectivity index (χ1) is 12.9. The summed E-state index contributed by atoms with van der Waals surface area (Å²) in [5, 5.41) is 18.6. The maximum Gasteiger partial charge on any atom is 0.335 e. The van der Waals surface area contributed by atoms with E-state index >= 15 is 0 Å². The van der Waals surface area contributed by atoms with Crippen LogP contribution in [-0.4, -0.2) is 15.6 Å². The highest BCUT2D eigenvalue weighted by atomic mass is 79.9. The number of rotatable bonds is 4. The van der Waals surface area contributed by atoms with E-state index < -0.39 is 5.97 Å². The Morgan fingerprint density at radius 2 is 1.74 bits per heavy atom. The third kappa shape index (κ3) is 3.71. The molecular weight excluding hydrogens is 404 g/mol. The molecule has 134 valence electrons. The number of halogens is 1. The first-order valence-electron chi connectivity index (χ1n) is 8.31. The number of carboxylic acids is 1. The summed E-state index contributed by atoms with van der Waals surface area (Å²) in [6.07, 6.45) is 1.84. The van der Waals surface area contributed by atoms with Crippen LogP contribution in [0.5, 0.6) is 0 Å². The third-order valence-corrected chi connectivity index (χ3v) is 5.10. The summed E-state index contributed by atoms with van der Waals surface area (Å²) in [6, 6.07) is 18.6. The molecule has 0 saturated heterocycles. The summed E-state index contributed by atoms with van der Waals surface area (Å²) < 4.78 is 3.13. The lowest BCUT2D eigenvalue weighted by Crippen LogP contribution is -2.00. The molecule has 3 rings (SSSR count). The molecule has 1 aromatic heterocycles. The summed E-state index contributed by atoms with van der Waals surface area (Å²) >= 11 is 3.59. The quantitative estimate of drug-likeness (QED) is 0.556. The average molecular weight is 421 g/mol. The van der Waals surface area contributed by atoms with Crippen LogP contribution in [0.1, 0.15) is 32.9 Å². The van der Waals surface area contributed by atoms with Crippen molar-refractivity contribution in [2.45, 2.75) is 13.8 Å². The number of benzene rings is 2. The van der Waals surface area contributed by atoms with Crippen LogP contribution in [0.15, 0.2) is 59.1 Å². The number of aryl methyl sites for hydroxylation is 1. The second-order valence-electron chi connectivity index (χ2n) is 6.17. The van der Waals surface area contributed by atoms with Crippen molar-refractivity contribution in [3.8, 4) is 11.8 Å². The lowest BCUT2D eigenvalue weighted by molar-refractivity contribution is 0.0697. The normalized spacial score (nSPS) is 11.3. The summed E-state index contributed by atoms with van der Waals surface area (Å²) in [7, 11) is 0. The number of nitriles is 1. The van der Waals surface area contributed by atoms with Gasteiger partial charge in [0.25, 0.3) is 0 Å². The highest BCUT2D eigenvalue weighted by molar-refractivity contribution is 9.10. The highest BCUT2D eigenvalue weighted by Crippen LogP contribution is 2.29. The molecule has 0 aliphatic carbocycles. The molecule has 0 aliphatic heterocycles. The van der Waals surface area contributed by atoms with E-state index in [1.807, 2.05) is 50.3 Å². The van der Waals surface area contributed by atoms with Gasteiger partial charge in [-0.25, -0.2) is 4.79 Å². The fourth-order valence-corrected chi connectivity index (χ4v) is 3.53. The highest BCUT2D eigenvalue weighted by Gasteiger charge is 2.13. The minimum Gasteiger partial charge on any atom is -0.478 e. The van der Waals surface area contributed by atoms with Crippen molar-refractivity contribution in [2.24, 2.45) is 0 Å². The maximum absolute atomic E-state index is 11.0. The van der Waals surface area contributed by atoms with E-state index in [4.69, 9.17) is 5.11 Å². The maximum atomic E-state index is 11.0. The number of allylic oxidation sites excluding steroid dienone is 1. The Kier molecular flexibility index (Phi) is 5.29. The van der Waals surface area contributed by atoms with Gasteiger partial charge in [-0.05, 0) is 77.3 Å². The van der Waals surface area contributed by atoms with Crippen LogP contribution in [0.25, 0.3) is 17.3 Å². The van der Waals surface area contributed by atoms with Crippen molar-refractivity contribution in [3.05, 3.63) is 87.1 Å². The molecule has 0 bridgehead atoms. The van der Waals surface area contributed by atoms with Crippen LogP contribution in [0, 0.1) is 25.2 Å². The molecule has 2 aromatic carbocycles. The van der Waals surface area contributed by atoms with Gasteiger partial charge >= 0.3 is 5.97 Å². The van der Waals surface area contributed by atoms with Gasteiger partial charge in [0.15, 0.2) is 0 Å². The Morgan fingerprint density at radius 3 is 2.33 bits per heavy atom. The van der Waals surface area contributed by atoms with E-state index in [9.17, 15) is 10.1 Å². The Morgan fingerprint density at radius 1 is 1.11 bits per heavy atom. The summed E-state index contributed by atoms with van der Waals surface area (Å²) in [4.78, 5) is 11.0. The van der Waals surface area contributed by atoms with Gasteiger partial charge < -0.3 is 9.67 Å². The molecule has 0 radical (unpaired) electrons. The number of nitrogens with zero attached hydrogens (tertiary/aromatic N) is 2. The zero-order chi connectivity index (χ0) is 19.6. The van der Waals surface area contributed by atoms with Crippen molar-refractivity contribution in [1.29, 1.82) is 5.26 Å². The summed E-state index contributed by atoms with van der Waals surface area (Å²) in [6.45, 7) is 4.04. The number of aromatic nitrogens is 1. The van der Waals surface area contributed by atoms with Crippen LogP contribution in [0.2, 0.25) is 0 Å². The standard InChI is InChI=1S/C22H17BrN2O2/c1-14-11-18(15(2)25(14)21-6-4-3-5-20(21)23)12-19(13-24)16-7-9-17(10-8-16)22(26)27/h3-12H,1-2H3,(H,26,27)/b19-12-. The van der Waals surface area contributed by atoms with Gasteiger partial charge in [-0.2, -0.15) is 5.26 Å². The Bertz CT molecular complexity index is 1090. The lowest BCUT2D eigenvalue weighted by Gasteiger charge is -2.11. The van der Waals surface area contributed by atoms with Crippen LogP contribution in [-0.2, 0) is 0 Å². The van der Waals surface area contributed by atoms with Crippen molar-refractivity contribution in [3.63, 3.8) is 0 Å². The fraction of sp³-hybridized carbons (Fsp3) is 0.0909. The second-order valence-corrected chi connectivity index (χ2v) is 7.02. The van der Waals surface area contributed by atoms with Crippen LogP contribution >= 0.6 is 15.9 Å². The van der Waals surface area contributed by atoms with Gasteiger partial charge in [0.2, 0.25) is 0 Å². The summed E-state index contributed by atoms with van der Waals surface area (Å²) in [5.74, 6) is -0.985. The van der Waals surface area contributed by atoms with Crippen LogP contribution in [0.3, 0.4) is 0 Å². The van der Waals surface area contributed by atoms with E-state index in [-0.39, 0.29) is 5.56 Å². The van der Waals surface area contributed by atoms with Gasteiger partial charge in [0, 0.05) is 15.9 Å². The van der Waals surface area contributed by atoms with Crippen molar-refractivity contribution >= 4 is 33.5 Å². The van der Waals surface area contributed by atoms with Gasteiger partial charge in [0.05, 0.1) is 22.9 Å². The molecule has 0 atom stereocenters. The second kappa shape index (κ2) is 7.65. The number of carboxylic acid groups (broad SMARTS) is 1. The van der Waals surface area contributed by atoms with Crippen molar-refractivity contribution in [2.75, 3.05) is 0 Å². The minimum atomic E-state index is -0.985. The van der Waals surface area contributed by atoms with Gasteiger partial charge in [0.1, 0.15) is 0 Å². The van der Waals surface area contributed by atoms with Gasteiger partial charge in [-0.15, -0.1) is 0 Å². The van der Waals surface area contributed by atoms with Gasteiger partial charge in [-0.1, -0.05) is 24.3 Å².